The van der Waals surface area contributed by atoms with Crippen LogP contribution in [-0.4, -0.2) is 27.3 Å². The van der Waals surface area contributed by atoms with E-state index in [-0.39, 0.29) is 11.9 Å². The molecular weight excluding hydrogens is 282 g/mol. The average molecular weight is 297 g/mol. The zero-order chi connectivity index (χ0) is 14.2. The normalized spacial score (nSPS) is 18.5. The SMILES string of the molecule is O=C(c1cc2sccc2[nH]1)N1CCCC1c1ccccn1. The molecule has 4 rings (SSSR count). The highest BCUT2D eigenvalue weighted by atomic mass is 32.1. The van der Waals surface area contributed by atoms with Gasteiger partial charge in [-0.2, -0.15) is 0 Å². The van der Waals surface area contributed by atoms with Gasteiger partial charge in [-0.25, -0.2) is 0 Å². The number of carbonyl (C=O) groups is 1. The molecule has 1 amide bonds. The van der Waals surface area contributed by atoms with Crippen molar-refractivity contribution in [2.75, 3.05) is 6.54 Å². The van der Waals surface area contributed by atoms with Crippen LogP contribution in [0, 0.1) is 0 Å². The number of aromatic amines is 1. The predicted octanol–water partition coefficient (Wildman–Crippen LogP) is 3.60. The van der Waals surface area contributed by atoms with Gasteiger partial charge in [0.15, 0.2) is 0 Å². The fourth-order valence-corrected chi connectivity index (χ4v) is 3.79. The zero-order valence-electron chi connectivity index (χ0n) is 11.5. The zero-order valence-corrected chi connectivity index (χ0v) is 12.3. The third-order valence-corrected chi connectivity index (χ3v) is 4.88. The fourth-order valence-electron chi connectivity index (χ4n) is 3.01. The molecule has 0 spiro atoms. The Morgan fingerprint density at radius 3 is 3.14 bits per heavy atom. The summed E-state index contributed by atoms with van der Waals surface area (Å²) in [6.45, 7) is 0.798. The van der Waals surface area contributed by atoms with Crippen LogP contribution in [0.5, 0.6) is 0 Å². The Labute approximate surface area is 126 Å². The molecule has 1 aliphatic rings. The number of hydrogen-bond donors (Lipinski definition) is 1. The Kier molecular flexibility index (Phi) is 3.00. The molecule has 1 atom stereocenters. The smallest absolute Gasteiger partial charge is 0.270 e. The second kappa shape index (κ2) is 5.00. The lowest BCUT2D eigenvalue weighted by Crippen LogP contribution is -2.31. The summed E-state index contributed by atoms with van der Waals surface area (Å²) in [6.07, 6.45) is 3.81. The minimum Gasteiger partial charge on any atom is -0.350 e. The van der Waals surface area contributed by atoms with Crippen LogP contribution in [-0.2, 0) is 0 Å². The summed E-state index contributed by atoms with van der Waals surface area (Å²) in [4.78, 5) is 22.4. The van der Waals surface area contributed by atoms with Crippen LogP contribution >= 0.6 is 11.3 Å². The summed E-state index contributed by atoms with van der Waals surface area (Å²) in [5.41, 5.74) is 2.70. The van der Waals surface area contributed by atoms with Crippen LogP contribution in [0.15, 0.2) is 41.9 Å². The van der Waals surface area contributed by atoms with Crippen LogP contribution in [0.4, 0.5) is 0 Å². The Morgan fingerprint density at radius 1 is 1.38 bits per heavy atom. The number of nitrogens with zero attached hydrogens (tertiary/aromatic N) is 2. The third-order valence-electron chi connectivity index (χ3n) is 4.01. The molecule has 1 saturated heterocycles. The van der Waals surface area contributed by atoms with Crippen molar-refractivity contribution in [1.29, 1.82) is 0 Å². The topological polar surface area (TPSA) is 49.0 Å². The van der Waals surface area contributed by atoms with Crippen molar-refractivity contribution in [1.82, 2.24) is 14.9 Å². The van der Waals surface area contributed by atoms with Gasteiger partial charge >= 0.3 is 0 Å². The van der Waals surface area contributed by atoms with Gasteiger partial charge in [-0.1, -0.05) is 6.07 Å². The van der Waals surface area contributed by atoms with E-state index in [1.165, 1.54) is 0 Å². The molecule has 0 bridgehead atoms. The van der Waals surface area contributed by atoms with Gasteiger partial charge in [-0.05, 0) is 42.5 Å². The molecular formula is C16H15N3OS. The quantitative estimate of drug-likeness (QED) is 0.785. The van der Waals surface area contributed by atoms with Crippen molar-refractivity contribution in [2.24, 2.45) is 0 Å². The molecule has 4 heterocycles. The summed E-state index contributed by atoms with van der Waals surface area (Å²) in [5, 5.41) is 2.03. The van der Waals surface area contributed by atoms with E-state index in [1.807, 2.05) is 40.6 Å². The minimum atomic E-state index is 0.0755. The van der Waals surface area contributed by atoms with Crippen LogP contribution in [0.25, 0.3) is 10.2 Å². The number of likely N-dealkylation sites (tertiary alicyclic amines) is 1. The fraction of sp³-hybridized carbons (Fsp3) is 0.250. The van der Waals surface area contributed by atoms with Crippen LogP contribution in [0.3, 0.4) is 0 Å². The summed E-state index contributed by atoms with van der Waals surface area (Å²) in [5.74, 6) is 0.0755. The Balaban J connectivity index is 1.65. The maximum absolute atomic E-state index is 12.8. The van der Waals surface area contributed by atoms with Gasteiger partial charge in [0.1, 0.15) is 5.69 Å². The third kappa shape index (κ3) is 2.14. The van der Waals surface area contributed by atoms with Crippen molar-refractivity contribution in [3.05, 3.63) is 53.3 Å². The summed E-state index contributed by atoms with van der Waals surface area (Å²) < 4.78 is 1.13. The van der Waals surface area contributed by atoms with Crippen LogP contribution in [0.1, 0.15) is 35.1 Å². The molecule has 3 aromatic heterocycles. The first kappa shape index (κ1) is 12.6. The number of rotatable bonds is 2. The number of thiophene rings is 1. The van der Waals surface area contributed by atoms with Crippen molar-refractivity contribution in [3.63, 3.8) is 0 Å². The number of carbonyl (C=O) groups excluding carboxylic acids is 1. The molecule has 1 aliphatic heterocycles. The van der Waals surface area contributed by atoms with Crippen molar-refractivity contribution in [3.8, 4) is 0 Å². The first-order chi connectivity index (χ1) is 10.3. The van der Waals surface area contributed by atoms with Gasteiger partial charge in [-0.3, -0.25) is 9.78 Å². The molecule has 1 unspecified atom stereocenters. The van der Waals surface area contributed by atoms with E-state index in [0.717, 1.165) is 35.3 Å². The Bertz CT molecular complexity index is 749. The largest absolute Gasteiger partial charge is 0.350 e. The highest BCUT2D eigenvalue weighted by molar-refractivity contribution is 7.17. The van der Waals surface area contributed by atoms with E-state index < -0.39 is 0 Å². The van der Waals surface area contributed by atoms with E-state index >= 15 is 0 Å². The molecule has 0 saturated carbocycles. The predicted molar refractivity (Wildman–Crippen MR) is 83.4 cm³/mol. The number of aromatic nitrogens is 2. The number of fused-ring (bicyclic) bond motifs is 1. The molecule has 1 fully saturated rings. The lowest BCUT2D eigenvalue weighted by molar-refractivity contribution is 0.0728. The molecule has 4 nitrogen and oxygen atoms in total. The molecule has 106 valence electrons. The minimum absolute atomic E-state index is 0.0755. The van der Waals surface area contributed by atoms with Gasteiger partial charge in [0.2, 0.25) is 0 Å². The number of amides is 1. The van der Waals surface area contributed by atoms with Crippen molar-refractivity contribution >= 4 is 27.5 Å². The van der Waals surface area contributed by atoms with E-state index in [1.54, 1.807) is 17.5 Å². The summed E-state index contributed by atoms with van der Waals surface area (Å²) in [7, 11) is 0. The van der Waals surface area contributed by atoms with Gasteiger partial charge in [0, 0.05) is 12.7 Å². The van der Waals surface area contributed by atoms with Gasteiger partial charge < -0.3 is 9.88 Å². The molecule has 0 aromatic carbocycles. The number of nitrogens with one attached hydrogen (secondary N) is 1. The number of hydrogen-bond acceptors (Lipinski definition) is 3. The highest BCUT2D eigenvalue weighted by Crippen LogP contribution is 2.32. The standard InChI is InChI=1S/C16H15N3OS/c20-16(13-10-15-12(18-13)6-9-21-15)19-8-3-5-14(19)11-4-1-2-7-17-11/h1-2,4,6-7,9-10,14,18H,3,5,8H2. The van der Waals surface area contributed by atoms with E-state index in [0.29, 0.717) is 5.69 Å². The monoisotopic (exact) mass is 297 g/mol. The van der Waals surface area contributed by atoms with Gasteiger partial charge in [0.05, 0.1) is 22.0 Å². The molecule has 0 aliphatic carbocycles. The highest BCUT2D eigenvalue weighted by Gasteiger charge is 2.32. The Morgan fingerprint density at radius 2 is 2.33 bits per heavy atom. The van der Waals surface area contributed by atoms with Gasteiger partial charge in [0.25, 0.3) is 5.91 Å². The van der Waals surface area contributed by atoms with E-state index in [9.17, 15) is 4.79 Å². The van der Waals surface area contributed by atoms with Crippen LogP contribution < -0.4 is 0 Å². The van der Waals surface area contributed by atoms with Crippen molar-refractivity contribution < 1.29 is 4.79 Å². The lowest BCUT2D eigenvalue weighted by Gasteiger charge is -2.23. The summed E-state index contributed by atoms with van der Waals surface area (Å²) >= 11 is 1.65. The maximum atomic E-state index is 12.8. The first-order valence-corrected chi connectivity index (χ1v) is 7.99. The molecule has 1 N–H and O–H groups in total. The van der Waals surface area contributed by atoms with Gasteiger partial charge in [-0.15, -0.1) is 11.3 Å². The maximum Gasteiger partial charge on any atom is 0.270 e. The molecule has 5 heteroatoms. The molecule has 0 radical (unpaired) electrons. The molecule has 21 heavy (non-hydrogen) atoms. The molecule has 3 aromatic rings. The first-order valence-electron chi connectivity index (χ1n) is 7.11. The number of H-pyrrole nitrogens is 1. The van der Waals surface area contributed by atoms with E-state index in [2.05, 4.69) is 9.97 Å². The summed E-state index contributed by atoms with van der Waals surface area (Å²) in [6, 6.07) is 9.95. The Hall–Kier alpha value is -2.14. The van der Waals surface area contributed by atoms with E-state index in [4.69, 9.17) is 0 Å². The number of pyridine rings is 1. The average Bonchev–Trinajstić information content (AvgIpc) is 3.22. The second-order valence-corrected chi connectivity index (χ2v) is 6.24. The lowest BCUT2D eigenvalue weighted by atomic mass is 10.1. The second-order valence-electron chi connectivity index (χ2n) is 5.29. The van der Waals surface area contributed by atoms with Crippen molar-refractivity contribution in [2.45, 2.75) is 18.9 Å². The van der Waals surface area contributed by atoms with Crippen LogP contribution in [0.2, 0.25) is 0 Å².